The second-order valence-corrected chi connectivity index (χ2v) is 7.31. The molecule has 0 bridgehead atoms. The first-order valence-electron chi connectivity index (χ1n) is 8.48. The van der Waals surface area contributed by atoms with E-state index in [1.807, 2.05) is 28.8 Å². The Hall–Kier alpha value is -1.86. The molecule has 3 heterocycles. The summed E-state index contributed by atoms with van der Waals surface area (Å²) in [5.74, 6) is 0. The zero-order valence-corrected chi connectivity index (χ0v) is 14.9. The lowest BCUT2D eigenvalue weighted by Gasteiger charge is -2.24. The van der Waals surface area contributed by atoms with E-state index in [1.54, 1.807) is 17.5 Å². The minimum absolute atomic E-state index is 0.0348. The Kier molecular flexibility index (Phi) is 5.87. The summed E-state index contributed by atoms with van der Waals surface area (Å²) in [4.78, 5) is 18.2. The van der Waals surface area contributed by atoms with Crippen LogP contribution in [-0.2, 0) is 13.1 Å². The van der Waals surface area contributed by atoms with Gasteiger partial charge in [-0.2, -0.15) is 5.10 Å². The van der Waals surface area contributed by atoms with Crippen LogP contribution in [0.25, 0.3) is 0 Å². The molecule has 1 fully saturated rings. The van der Waals surface area contributed by atoms with Crippen molar-refractivity contribution in [3.05, 3.63) is 40.8 Å². The molecule has 2 aromatic heterocycles. The maximum atomic E-state index is 12.5. The lowest BCUT2D eigenvalue weighted by Crippen LogP contribution is -2.46. The first-order valence-corrected chi connectivity index (χ1v) is 9.36. The highest BCUT2D eigenvalue weighted by Gasteiger charge is 2.20. The van der Waals surface area contributed by atoms with E-state index in [9.17, 15) is 4.79 Å². The highest BCUT2D eigenvalue weighted by molar-refractivity contribution is 7.09. The quantitative estimate of drug-likeness (QED) is 0.903. The Morgan fingerprint density at radius 1 is 1.33 bits per heavy atom. The molecular weight excluding hydrogens is 322 g/mol. The van der Waals surface area contributed by atoms with Gasteiger partial charge in [-0.05, 0) is 30.9 Å². The second kappa shape index (κ2) is 8.30. The zero-order chi connectivity index (χ0) is 16.8. The minimum Gasteiger partial charge on any atom is -0.334 e. The fourth-order valence-corrected chi connectivity index (χ4v) is 3.74. The van der Waals surface area contributed by atoms with Crippen molar-refractivity contribution in [2.45, 2.75) is 32.5 Å². The summed E-state index contributed by atoms with van der Waals surface area (Å²) in [5, 5.41) is 9.39. The van der Waals surface area contributed by atoms with E-state index < -0.39 is 0 Å². The van der Waals surface area contributed by atoms with Crippen LogP contribution in [0.5, 0.6) is 0 Å². The number of hydrogen-bond acceptors (Lipinski definition) is 4. The lowest BCUT2D eigenvalue weighted by atomic mass is 10.3. The first-order chi connectivity index (χ1) is 11.7. The molecule has 0 saturated carbocycles. The van der Waals surface area contributed by atoms with E-state index in [-0.39, 0.29) is 12.1 Å². The number of hydrogen-bond donors (Lipinski definition) is 1. The number of nitrogens with zero attached hydrogens (tertiary/aromatic N) is 4. The standard InChI is InChI=1S/C17H25N5OS/c1-15(13-22-9-3-6-18-22)19-17(23)21-8-4-7-20(10-11-21)14-16-5-2-12-24-16/h2-3,5-6,9,12,15H,4,7-8,10-11,13-14H2,1H3,(H,19,23)/t15-/m0/s1. The molecule has 1 N–H and O–H groups in total. The Morgan fingerprint density at radius 3 is 3.00 bits per heavy atom. The van der Waals surface area contributed by atoms with Crippen LogP contribution in [0.1, 0.15) is 18.2 Å². The maximum absolute atomic E-state index is 12.5. The molecule has 130 valence electrons. The van der Waals surface area contributed by atoms with E-state index in [0.29, 0.717) is 6.54 Å². The summed E-state index contributed by atoms with van der Waals surface area (Å²) in [6, 6.07) is 6.26. The average Bonchev–Trinajstić information content (AvgIpc) is 3.19. The van der Waals surface area contributed by atoms with Crippen LogP contribution < -0.4 is 5.32 Å². The fourth-order valence-electron chi connectivity index (χ4n) is 2.99. The molecule has 6 nitrogen and oxygen atoms in total. The van der Waals surface area contributed by atoms with E-state index in [0.717, 1.165) is 39.1 Å². The summed E-state index contributed by atoms with van der Waals surface area (Å²) in [6.07, 6.45) is 4.69. The largest absolute Gasteiger partial charge is 0.334 e. The molecule has 0 radical (unpaired) electrons. The zero-order valence-electron chi connectivity index (χ0n) is 14.1. The Labute approximate surface area is 147 Å². The van der Waals surface area contributed by atoms with Crippen LogP contribution in [0.3, 0.4) is 0 Å². The van der Waals surface area contributed by atoms with Crippen molar-refractivity contribution in [1.29, 1.82) is 0 Å². The van der Waals surface area contributed by atoms with Crippen molar-refractivity contribution < 1.29 is 4.79 Å². The van der Waals surface area contributed by atoms with Crippen LogP contribution in [0.2, 0.25) is 0 Å². The number of rotatable bonds is 5. The molecule has 1 aliphatic rings. The molecule has 1 atom stereocenters. The van der Waals surface area contributed by atoms with Gasteiger partial charge in [-0.25, -0.2) is 4.79 Å². The van der Waals surface area contributed by atoms with Crippen molar-refractivity contribution in [2.75, 3.05) is 26.2 Å². The van der Waals surface area contributed by atoms with E-state index in [1.165, 1.54) is 4.88 Å². The van der Waals surface area contributed by atoms with Crippen LogP contribution in [-0.4, -0.2) is 57.8 Å². The van der Waals surface area contributed by atoms with Gasteiger partial charge in [-0.3, -0.25) is 9.58 Å². The molecule has 1 saturated heterocycles. The minimum atomic E-state index is 0.0348. The number of urea groups is 1. The molecular formula is C17H25N5OS. The monoisotopic (exact) mass is 347 g/mol. The first kappa shape index (κ1) is 17.0. The van der Waals surface area contributed by atoms with Gasteiger partial charge >= 0.3 is 6.03 Å². The van der Waals surface area contributed by atoms with Gasteiger partial charge < -0.3 is 10.2 Å². The van der Waals surface area contributed by atoms with Gasteiger partial charge in [0.05, 0.1) is 6.54 Å². The van der Waals surface area contributed by atoms with E-state index in [4.69, 9.17) is 0 Å². The van der Waals surface area contributed by atoms with Gasteiger partial charge in [0.1, 0.15) is 0 Å². The van der Waals surface area contributed by atoms with Gasteiger partial charge in [0.15, 0.2) is 0 Å². The van der Waals surface area contributed by atoms with Crippen molar-refractivity contribution in [2.24, 2.45) is 0 Å². The van der Waals surface area contributed by atoms with Crippen LogP contribution in [0.4, 0.5) is 4.79 Å². The van der Waals surface area contributed by atoms with Gasteiger partial charge in [-0.15, -0.1) is 11.3 Å². The maximum Gasteiger partial charge on any atom is 0.317 e. The summed E-state index contributed by atoms with van der Waals surface area (Å²) in [5.41, 5.74) is 0. The molecule has 3 rings (SSSR count). The summed E-state index contributed by atoms with van der Waals surface area (Å²) in [7, 11) is 0. The van der Waals surface area contributed by atoms with Crippen LogP contribution >= 0.6 is 11.3 Å². The number of nitrogens with one attached hydrogen (secondary N) is 1. The molecule has 7 heteroatoms. The Morgan fingerprint density at radius 2 is 2.25 bits per heavy atom. The average molecular weight is 347 g/mol. The van der Waals surface area contributed by atoms with Gasteiger partial charge in [0, 0.05) is 56.0 Å². The number of amides is 2. The third-order valence-electron chi connectivity index (χ3n) is 4.23. The van der Waals surface area contributed by atoms with Gasteiger partial charge in [0.2, 0.25) is 0 Å². The van der Waals surface area contributed by atoms with Crippen LogP contribution in [0.15, 0.2) is 36.0 Å². The predicted octanol–water partition coefficient (Wildman–Crippen LogP) is 2.25. The number of aromatic nitrogens is 2. The van der Waals surface area contributed by atoms with Crippen molar-refractivity contribution in [3.63, 3.8) is 0 Å². The van der Waals surface area contributed by atoms with Gasteiger partial charge in [0.25, 0.3) is 0 Å². The summed E-state index contributed by atoms with van der Waals surface area (Å²) >= 11 is 1.80. The van der Waals surface area contributed by atoms with Gasteiger partial charge in [-0.1, -0.05) is 6.07 Å². The molecule has 24 heavy (non-hydrogen) atoms. The molecule has 0 aliphatic carbocycles. The lowest BCUT2D eigenvalue weighted by molar-refractivity contribution is 0.193. The molecule has 1 aliphatic heterocycles. The fraction of sp³-hybridized carbons (Fsp3) is 0.529. The number of carbonyl (C=O) groups excluding carboxylic acids is 1. The Balaban J connectivity index is 1.45. The predicted molar refractivity (Wildman–Crippen MR) is 96.0 cm³/mol. The third-order valence-corrected chi connectivity index (χ3v) is 5.09. The summed E-state index contributed by atoms with van der Waals surface area (Å²) in [6.45, 7) is 7.27. The van der Waals surface area contributed by atoms with E-state index in [2.05, 4.69) is 32.8 Å². The van der Waals surface area contributed by atoms with Crippen LogP contribution in [0, 0.1) is 0 Å². The molecule has 0 aromatic carbocycles. The number of carbonyl (C=O) groups is 1. The smallest absolute Gasteiger partial charge is 0.317 e. The SMILES string of the molecule is C[C@@H](Cn1cccn1)NC(=O)N1CCCN(Cc2cccs2)CC1. The highest BCUT2D eigenvalue weighted by Crippen LogP contribution is 2.13. The van der Waals surface area contributed by atoms with Crippen molar-refractivity contribution in [1.82, 2.24) is 24.9 Å². The topological polar surface area (TPSA) is 53.4 Å². The normalized spacial score (nSPS) is 17.5. The third kappa shape index (κ3) is 4.82. The molecule has 0 unspecified atom stereocenters. The van der Waals surface area contributed by atoms with Crippen molar-refractivity contribution in [3.8, 4) is 0 Å². The Bertz CT molecular complexity index is 613. The highest BCUT2D eigenvalue weighted by atomic mass is 32.1. The van der Waals surface area contributed by atoms with E-state index >= 15 is 0 Å². The number of thiophene rings is 1. The molecule has 2 amide bonds. The van der Waals surface area contributed by atoms with Crippen molar-refractivity contribution >= 4 is 17.4 Å². The molecule has 0 spiro atoms. The second-order valence-electron chi connectivity index (χ2n) is 6.27. The summed E-state index contributed by atoms with van der Waals surface area (Å²) < 4.78 is 1.84. The molecule has 2 aromatic rings.